The highest BCUT2D eigenvalue weighted by Gasteiger charge is 2.28. The average Bonchev–Trinajstić information content (AvgIpc) is 3.26. The zero-order valence-corrected chi connectivity index (χ0v) is 16.2. The average molecular weight is 380 g/mol. The quantitative estimate of drug-likeness (QED) is 0.684. The number of aryl methyl sites for hydroxylation is 1. The first kappa shape index (κ1) is 19.3. The summed E-state index contributed by atoms with van der Waals surface area (Å²) in [6.45, 7) is 4.75. The van der Waals surface area contributed by atoms with Crippen LogP contribution in [0.2, 0.25) is 0 Å². The lowest BCUT2D eigenvalue weighted by atomic mass is 10.1. The van der Waals surface area contributed by atoms with E-state index in [-0.39, 0.29) is 11.9 Å². The van der Waals surface area contributed by atoms with Gasteiger partial charge in [-0.05, 0) is 56.3 Å². The fourth-order valence-electron chi connectivity index (χ4n) is 3.38. The Kier molecular flexibility index (Phi) is 6.32. The van der Waals surface area contributed by atoms with E-state index in [2.05, 4.69) is 17.0 Å². The van der Waals surface area contributed by atoms with Crippen molar-refractivity contribution in [2.24, 2.45) is 0 Å². The minimum atomic E-state index is -3.41. The second kappa shape index (κ2) is 8.50. The smallest absolute Gasteiger partial charge is 0.240 e. The van der Waals surface area contributed by atoms with E-state index < -0.39 is 10.0 Å². The van der Waals surface area contributed by atoms with Crippen LogP contribution in [0.1, 0.15) is 44.6 Å². The van der Waals surface area contributed by atoms with Crippen molar-refractivity contribution in [2.75, 3.05) is 19.6 Å². The van der Waals surface area contributed by atoms with Crippen molar-refractivity contribution >= 4 is 15.9 Å². The van der Waals surface area contributed by atoms with Crippen molar-refractivity contribution in [3.8, 4) is 0 Å². The SMILES string of the molecule is CCCN(C(=O)CCc1ccc(S(=O)(=O)NC2CC2)cc1)C1CCNC1. The number of hydrogen-bond acceptors (Lipinski definition) is 4. The molecule has 1 unspecified atom stereocenters. The van der Waals surface area contributed by atoms with E-state index >= 15 is 0 Å². The van der Waals surface area contributed by atoms with E-state index in [0.717, 1.165) is 50.9 Å². The second-order valence-corrected chi connectivity index (χ2v) is 8.99. The van der Waals surface area contributed by atoms with Crippen LogP contribution in [0.5, 0.6) is 0 Å². The molecule has 1 heterocycles. The van der Waals surface area contributed by atoms with Gasteiger partial charge in [-0.15, -0.1) is 0 Å². The van der Waals surface area contributed by atoms with E-state index in [9.17, 15) is 13.2 Å². The normalized spacial score (nSPS) is 20.3. The molecule has 1 atom stereocenters. The lowest BCUT2D eigenvalue weighted by Gasteiger charge is -2.28. The number of carbonyl (C=O) groups excluding carboxylic acids is 1. The first-order valence-corrected chi connectivity index (χ1v) is 11.1. The van der Waals surface area contributed by atoms with E-state index in [1.165, 1.54) is 0 Å². The van der Waals surface area contributed by atoms with E-state index in [0.29, 0.717) is 23.8 Å². The van der Waals surface area contributed by atoms with Gasteiger partial charge < -0.3 is 10.2 Å². The van der Waals surface area contributed by atoms with Gasteiger partial charge in [0.25, 0.3) is 0 Å². The standard InChI is InChI=1S/C19H29N3O3S/c1-2-13-22(17-11-12-20-14-17)19(23)10-5-15-3-8-18(9-4-15)26(24,25)21-16-6-7-16/h3-4,8-9,16-17,20-21H,2,5-7,10-14H2,1H3. The Labute approximate surface area is 156 Å². The minimum absolute atomic E-state index is 0.104. The van der Waals surface area contributed by atoms with Crippen LogP contribution in [-0.2, 0) is 21.2 Å². The summed E-state index contributed by atoms with van der Waals surface area (Å²) in [5.74, 6) is 0.188. The van der Waals surface area contributed by atoms with Gasteiger partial charge in [-0.25, -0.2) is 13.1 Å². The number of amides is 1. The highest BCUT2D eigenvalue weighted by Crippen LogP contribution is 2.22. The Bertz CT molecular complexity index is 708. The molecule has 2 N–H and O–H groups in total. The fraction of sp³-hybridized carbons (Fsp3) is 0.632. The van der Waals surface area contributed by atoms with Crippen molar-refractivity contribution in [3.63, 3.8) is 0 Å². The second-order valence-electron chi connectivity index (χ2n) is 7.27. The van der Waals surface area contributed by atoms with Gasteiger partial charge in [-0.3, -0.25) is 4.79 Å². The van der Waals surface area contributed by atoms with Gasteiger partial charge in [0, 0.05) is 31.6 Å². The van der Waals surface area contributed by atoms with E-state index in [4.69, 9.17) is 0 Å². The molecule has 1 aliphatic heterocycles. The predicted molar refractivity (Wildman–Crippen MR) is 101 cm³/mol. The molecule has 0 spiro atoms. The van der Waals surface area contributed by atoms with Gasteiger partial charge in [-0.1, -0.05) is 19.1 Å². The van der Waals surface area contributed by atoms with Crippen molar-refractivity contribution in [2.45, 2.75) is 62.4 Å². The van der Waals surface area contributed by atoms with Gasteiger partial charge >= 0.3 is 0 Å². The summed E-state index contributed by atoms with van der Waals surface area (Å²) in [4.78, 5) is 14.9. The number of hydrogen-bond donors (Lipinski definition) is 2. The number of benzene rings is 1. The summed E-state index contributed by atoms with van der Waals surface area (Å²) in [5, 5.41) is 3.32. The molecular formula is C19H29N3O3S. The van der Waals surface area contributed by atoms with Crippen LogP contribution in [0.4, 0.5) is 0 Å². The summed E-state index contributed by atoms with van der Waals surface area (Å²) in [5.41, 5.74) is 0.990. The summed E-state index contributed by atoms with van der Waals surface area (Å²) in [7, 11) is -3.41. The molecule has 26 heavy (non-hydrogen) atoms. The number of nitrogens with zero attached hydrogens (tertiary/aromatic N) is 1. The van der Waals surface area contributed by atoms with Crippen LogP contribution in [-0.4, -0.2) is 50.9 Å². The topological polar surface area (TPSA) is 78.5 Å². The molecule has 1 saturated carbocycles. The highest BCUT2D eigenvalue weighted by atomic mass is 32.2. The lowest BCUT2D eigenvalue weighted by molar-refractivity contribution is -0.133. The Morgan fingerprint density at radius 2 is 1.96 bits per heavy atom. The van der Waals surface area contributed by atoms with Gasteiger partial charge in [0.15, 0.2) is 0 Å². The molecule has 1 saturated heterocycles. The molecule has 0 radical (unpaired) electrons. The van der Waals surface area contributed by atoms with Crippen LogP contribution >= 0.6 is 0 Å². The van der Waals surface area contributed by atoms with Crippen LogP contribution in [0.15, 0.2) is 29.2 Å². The predicted octanol–water partition coefficient (Wildman–Crippen LogP) is 1.66. The maximum Gasteiger partial charge on any atom is 0.240 e. The minimum Gasteiger partial charge on any atom is -0.338 e. The molecule has 144 valence electrons. The van der Waals surface area contributed by atoms with Crippen LogP contribution in [0, 0.1) is 0 Å². The molecule has 2 aliphatic rings. The van der Waals surface area contributed by atoms with Crippen molar-refractivity contribution in [3.05, 3.63) is 29.8 Å². The van der Waals surface area contributed by atoms with E-state index in [1.807, 2.05) is 17.0 Å². The maximum atomic E-state index is 12.6. The Balaban J connectivity index is 1.55. The summed E-state index contributed by atoms with van der Waals surface area (Å²) >= 11 is 0. The third-order valence-electron chi connectivity index (χ3n) is 5.02. The third kappa shape index (κ3) is 5.05. The molecule has 1 aromatic carbocycles. The molecule has 1 aliphatic carbocycles. The van der Waals surface area contributed by atoms with Gasteiger partial charge in [0.05, 0.1) is 4.90 Å². The maximum absolute atomic E-state index is 12.6. The highest BCUT2D eigenvalue weighted by molar-refractivity contribution is 7.89. The Morgan fingerprint density at radius 1 is 1.23 bits per heavy atom. The monoisotopic (exact) mass is 379 g/mol. The molecule has 3 rings (SSSR count). The van der Waals surface area contributed by atoms with Crippen LogP contribution in [0.3, 0.4) is 0 Å². The lowest BCUT2D eigenvalue weighted by Crippen LogP contribution is -2.42. The molecule has 0 bridgehead atoms. The van der Waals surface area contributed by atoms with Crippen molar-refractivity contribution in [1.82, 2.24) is 14.9 Å². The molecule has 6 nitrogen and oxygen atoms in total. The third-order valence-corrected chi connectivity index (χ3v) is 6.56. The zero-order chi connectivity index (χ0) is 18.6. The van der Waals surface area contributed by atoms with Crippen molar-refractivity contribution < 1.29 is 13.2 Å². The Morgan fingerprint density at radius 3 is 2.54 bits per heavy atom. The molecule has 7 heteroatoms. The molecule has 1 aromatic rings. The zero-order valence-electron chi connectivity index (χ0n) is 15.4. The number of sulfonamides is 1. The van der Waals surface area contributed by atoms with Crippen LogP contribution in [0.25, 0.3) is 0 Å². The molecule has 2 fully saturated rings. The van der Waals surface area contributed by atoms with E-state index in [1.54, 1.807) is 12.1 Å². The summed E-state index contributed by atoms with van der Waals surface area (Å²) < 4.78 is 27.1. The molecule has 0 aromatic heterocycles. The largest absolute Gasteiger partial charge is 0.338 e. The first-order chi connectivity index (χ1) is 12.5. The number of rotatable bonds is 9. The van der Waals surface area contributed by atoms with Gasteiger partial charge in [-0.2, -0.15) is 0 Å². The van der Waals surface area contributed by atoms with Gasteiger partial charge in [0.2, 0.25) is 15.9 Å². The number of carbonyl (C=O) groups is 1. The molecule has 1 amide bonds. The summed E-state index contributed by atoms with van der Waals surface area (Å²) in [6.07, 6.45) is 4.92. The van der Waals surface area contributed by atoms with Crippen LogP contribution < -0.4 is 10.0 Å². The molecular weight excluding hydrogens is 350 g/mol. The Hall–Kier alpha value is -1.44. The van der Waals surface area contributed by atoms with Gasteiger partial charge in [0.1, 0.15) is 0 Å². The first-order valence-electron chi connectivity index (χ1n) is 9.61. The summed E-state index contributed by atoms with van der Waals surface area (Å²) in [6, 6.07) is 7.31. The fourth-order valence-corrected chi connectivity index (χ4v) is 4.68. The number of nitrogens with one attached hydrogen (secondary N) is 2. The van der Waals surface area contributed by atoms with Crippen molar-refractivity contribution in [1.29, 1.82) is 0 Å².